The molecule has 2 aromatic carbocycles. The third-order valence-corrected chi connectivity index (χ3v) is 6.13. The van der Waals surface area contributed by atoms with E-state index in [1.807, 2.05) is 18.2 Å². The molecule has 1 saturated carbocycles. The van der Waals surface area contributed by atoms with Gasteiger partial charge in [0, 0.05) is 12.7 Å². The van der Waals surface area contributed by atoms with Gasteiger partial charge in [0.05, 0.1) is 13.0 Å². The van der Waals surface area contributed by atoms with Gasteiger partial charge in [0.2, 0.25) is 5.89 Å². The van der Waals surface area contributed by atoms with Crippen LogP contribution in [0.1, 0.15) is 41.6 Å². The third kappa shape index (κ3) is 3.94. The van der Waals surface area contributed by atoms with Crippen LogP contribution >= 0.6 is 0 Å². The molecule has 6 nitrogen and oxygen atoms in total. The number of ether oxygens (including phenoxy) is 1. The molecule has 4 rings (SSSR count). The first-order valence-corrected chi connectivity index (χ1v) is 11.1. The van der Waals surface area contributed by atoms with E-state index in [1.165, 1.54) is 25.5 Å². The van der Waals surface area contributed by atoms with E-state index in [2.05, 4.69) is 22.3 Å². The number of benzene rings is 2. The number of methoxy groups -OCH3 is 1. The fourth-order valence-corrected chi connectivity index (χ4v) is 4.31. The van der Waals surface area contributed by atoms with Gasteiger partial charge >= 0.3 is 0 Å². The van der Waals surface area contributed by atoms with Gasteiger partial charge < -0.3 is 9.26 Å². The fraction of sp³-hybridized carbons (Fsp3) is 0.333. The van der Waals surface area contributed by atoms with Crippen LogP contribution in [0.4, 0.5) is 0 Å². The second-order valence-corrected chi connectivity index (χ2v) is 9.19. The Bertz CT molecular complexity index is 1070. The van der Waals surface area contributed by atoms with Crippen molar-refractivity contribution >= 4 is 9.84 Å². The van der Waals surface area contributed by atoms with Crippen LogP contribution in [0.15, 0.2) is 57.9 Å². The number of aromatic nitrogens is 2. The van der Waals surface area contributed by atoms with Gasteiger partial charge in [-0.2, -0.15) is 4.98 Å². The highest BCUT2D eigenvalue weighted by atomic mass is 32.2. The molecule has 0 amide bonds. The second kappa shape index (κ2) is 7.39. The summed E-state index contributed by atoms with van der Waals surface area (Å²) in [5, 5.41) is 4.15. The van der Waals surface area contributed by atoms with E-state index in [-0.39, 0.29) is 10.8 Å². The molecule has 0 radical (unpaired) electrons. The first-order valence-electron chi connectivity index (χ1n) is 9.20. The Labute approximate surface area is 164 Å². The molecule has 0 aliphatic heterocycles. The van der Waals surface area contributed by atoms with Gasteiger partial charge in [0.25, 0.3) is 0 Å². The molecule has 1 heterocycles. The number of hydrogen-bond donors (Lipinski definition) is 0. The Morgan fingerprint density at radius 1 is 1.18 bits per heavy atom. The summed E-state index contributed by atoms with van der Waals surface area (Å²) in [4.78, 5) is 4.81. The van der Waals surface area contributed by atoms with Crippen LogP contribution in [0.3, 0.4) is 0 Å². The number of sulfone groups is 1. The molecule has 1 atom stereocenters. The molecule has 7 heteroatoms. The Balaban J connectivity index is 1.58. The normalized spacial score (nSPS) is 15.4. The molecular weight excluding hydrogens is 376 g/mol. The largest absolute Gasteiger partial charge is 0.495 e. The monoisotopic (exact) mass is 398 g/mol. The first kappa shape index (κ1) is 18.7. The second-order valence-electron chi connectivity index (χ2n) is 7.21. The summed E-state index contributed by atoms with van der Waals surface area (Å²) in [6, 6.07) is 15.3. The van der Waals surface area contributed by atoms with Gasteiger partial charge in [-0.15, -0.1) is 0 Å². The molecule has 3 aromatic rings. The predicted octanol–water partition coefficient (Wildman–Crippen LogP) is 3.61. The lowest BCUT2D eigenvalue weighted by Crippen LogP contribution is -2.04. The summed E-state index contributed by atoms with van der Waals surface area (Å²) in [6.45, 7) is 0. The summed E-state index contributed by atoms with van der Waals surface area (Å²) < 4.78 is 34.5. The van der Waals surface area contributed by atoms with Crippen LogP contribution in [-0.4, -0.2) is 31.9 Å². The van der Waals surface area contributed by atoms with Crippen LogP contribution in [0.25, 0.3) is 0 Å². The Kier molecular flexibility index (Phi) is 4.93. The SMILES string of the molecule is COc1cc(Cc2noc(C(c3ccccc3)C3CC3)n2)ccc1S(C)(=O)=O. The van der Waals surface area contributed by atoms with E-state index in [4.69, 9.17) is 9.26 Å². The molecule has 1 aromatic heterocycles. The van der Waals surface area contributed by atoms with Crippen LogP contribution in [0, 0.1) is 5.92 Å². The van der Waals surface area contributed by atoms with Gasteiger partial charge in [-0.1, -0.05) is 41.6 Å². The van der Waals surface area contributed by atoms with E-state index in [9.17, 15) is 8.42 Å². The van der Waals surface area contributed by atoms with E-state index < -0.39 is 9.84 Å². The van der Waals surface area contributed by atoms with Crippen molar-refractivity contribution in [3.63, 3.8) is 0 Å². The Morgan fingerprint density at radius 3 is 2.57 bits per heavy atom. The molecule has 146 valence electrons. The highest BCUT2D eigenvalue weighted by Gasteiger charge is 2.37. The maximum atomic E-state index is 11.8. The Morgan fingerprint density at radius 2 is 1.93 bits per heavy atom. The molecule has 1 fully saturated rings. The molecule has 1 aliphatic rings. The molecule has 1 unspecified atom stereocenters. The van der Waals surface area contributed by atoms with Gasteiger partial charge in [-0.05, 0) is 42.0 Å². The zero-order chi connectivity index (χ0) is 19.7. The van der Waals surface area contributed by atoms with Gasteiger partial charge in [0.1, 0.15) is 10.6 Å². The van der Waals surface area contributed by atoms with Crippen LogP contribution in [0.2, 0.25) is 0 Å². The summed E-state index contributed by atoms with van der Waals surface area (Å²) in [6.07, 6.45) is 3.94. The molecule has 0 spiro atoms. The molecule has 0 bridgehead atoms. The van der Waals surface area contributed by atoms with Crippen LogP contribution < -0.4 is 4.74 Å². The summed E-state index contributed by atoms with van der Waals surface area (Å²) in [5.41, 5.74) is 2.05. The van der Waals surface area contributed by atoms with Crippen LogP contribution in [-0.2, 0) is 16.3 Å². The summed E-state index contributed by atoms with van der Waals surface area (Å²) in [7, 11) is -1.89. The quantitative estimate of drug-likeness (QED) is 0.605. The van der Waals surface area contributed by atoms with Gasteiger partial charge in [-0.25, -0.2) is 8.42 Å². The zero-order valence-corrected chi connectivity index (χ0v) is 16.6. The molecule has 0 N–H and O–H groups in total. The lowest BCUT2D eigenvalue weighted by molar-refractivity contribution is 0.352. The van der Waals surface area contributed by atoms with Crippen LogP contribution in [0.5, 0.6) is 5.75 Å². The highest BCUT2D eigenvalue weighted by molar-refractivity contribution is 7.90. The van der Waals surface area contributed by atoms with E-state index in [0.29, 0.717) is 29.8 Å². The van der Waals surface area contributed by atoms with Crippen molar-refractivity contribution in [2.24, 2.45) is 5.92 Å². The van der Waals surface area contributed by atoms with Crippen molar-refractivity contribution in [2.75, 3.05) is 13.4 Å². The van der Waals surface area contributed by atoms with Crippen molar-refractivity contribution in [1.29, 1.82) is 0 Å². The van der Waals surface area contributed by atoms with E-state index in [0.717, 1.165) is 11.8 Å². The topological polar surface area (TPSA) is 82.3 Å². The number of rotatable bonds is 7. The number of hydrogen-bond acceptors (Lipinski definition) is 6. The summed E-state index contributed by atoms with van der Waals surface area (Å²) >= 11 is 0. The molecule has 0 saturated heterocycles. The van der Waals surface area contributed by atoms with Crippen molar-refractivity contribution < 1.29 is 17.7 Å². The average molecular weight is 398 g/mol. The van der Waals surface area contributed by atoms with Crippen molar-refractivity contribution in [3.8, 4) is 5.75 Å². The third-order valence-electron chi connectivity index (χ3n) is 4.99. The molecular formula is C21H22N2O4S. The van der Waals surface area contributed by atoms with Crippen molar-refractivity contribution in [3.05, 3.63) is 71.4 Å². The highest BCUT2D eigenvalue weighted by Crippen LogP contribution is 2.45. The standard InChI is InChI=1S/C21H22N2O4S/c1-26-17-12-14(8-11-18(17)28(2,24)25)13-19-22-21(27-23-19)20(16-9-10-16)15-6-4-3-5-7-15/h3-8,11-12,16,20H,9-10,13H2,1-2H3. The van der Waals surface area contributed by atoms with Gasteiger partial charge in [-0.3, -0.25) is 0 Å². The minimum Gasteiger partial charge on any atom is -0.495 e. The molecule has 1 aliphatic carbocycles. The molecule has 28 heavy (non-hydrogen) atoms. The van der Waals surface area contributed by atoms with E-state index >= 15 is 0 Å². The minimum atomic E-state index is -3.35. The van der Waals surface area contributed by atoms with Gasteiger partial charge in [0.15, 0.2) is 15.7 Å². The lowest BCUT2D eigenvalue weighted by Gasteiger charge is -2.11. The van der Waals surface area contributed by atoms with Crippen molar-refractivity contribution in [2.45, 2.75) is 30.1 Å². The number of nitrogens with zero attached hydrogens (tertiary/aromatic N) is 2. The fourth-order valence-electron chi connectivity index (χ4n) is 3.48. The predicted molar refractivity (Wildman–Crippen MR) is 104 cm³/mol. The van der Waals surface area contributed by atoms with E-state index in [1.54, 1.807) is 18.2 Å². The minimum absolute atomic E-state index is 0.129. The summed E-state index contributed by atoms with van der Waals surface area (Å²) in [5.74, 6) is 2.22. The van der Waals surface area contributed by atoms with Crippen molar-refractivity contribution in [1.82, 2.24) is 10.1 Å². The zero-order valence-electron chi connectivity index (χ0n) is 15.8. The maximum Gasteiger partial charge on any atom is 0.234 e. The Hall–Kier alpha value is -2.67. The smallest absolute Gasteiger partial charge is 0.234 e. The average Bonchev–Trinajstić information content (AvgIpc) is 3.41. The lowest BCUT2D eigenvalue weighted by atomic mass is 9.94. The maximum absolute atomic E-state index is 11.8. The first-order chi connectivity index (χ1) is 13.5.